The largest absolute Gasteiger partial charge is 0.493 e. The van der Waals surface area contributed by atoms with Gasteiger partial charge in [-0.05, 0) is 40.8 Å². The monoisotopic (exact) mass is 370 g/mol. The average Bonchev–Trinajstić information content (AvgIpc) is 2.44. The number of ether oxygens (including phenoxy) is 2. The van der Waals surface area contributed by atoms with Gasteiger partial charge >= 0.3 is 0 Å². The van der Waals surface area contributed by atoms with E-state index in [2.05, 4.69) is 45.0 Å². The summed E-state index contributed by atoms with van der Waals surface area (Å²) in [5, 5.41) is 3.32. The van der Waals surface area contributed by atoms with Crippen LogP contribution in [-0.2, 0) is 6.54 Å². The van der Waals surface area contributed by atoms with Crippen molar-refractivity contribution in [1.29, 1.82) is 0 Å². The Morgan fingerprint density at radius 2 is 2.05 bits per heavy atom. The summed E-state index contributed by atoms with van der Waals surface area (Å²) in [5.41, 5.74) is 1.87. The number of rotatable bonds is 5. The van der Waals surface area contributed by atoms with E-state index in [-0.39, 0.29) is 0 Å². The summed E-state index contributed by atoms with van der Waals surface area (Å²) in [6.07, 6.45) is 1.72. The fourth-order valence-corrected chi connectivity index (χ4v) is 2.30. The predicted molar refractivity (Wildman–Crippen MR) is 83.8 cm³/mol. The number of nitrogens with one attached hydrogen (secondary N) is 1. The van der Waals surface area contributed by atoms with Crippen LogP contribution in [0.25, 0.3) is 0 Å². The summed E-state index contributed by atoms with van der Waals surface area (Å²) in [7, 11) is 3.24. The molecular weight excluding hydrogens is 355 g/mol. The zero-order chi connectivity index (χ0) is 13.7. The molecule has 0 aliphatic carbocycles. The van der Waals surface area contributed by atoms with E-state index in [1.54, 1.807) is 26.5 Å². The molecule has 100 valence electrons. The zero-order valence-electron chi connectivity index (χ0n) is 10.8. The Labute approximate surface area is 126 Å². The molecular formula is C14H15IN2O2. The predicted octanol–water partition coefficient (Wildman–Crippen LogP) is 3.32. The van der Waals surface area contributed by atoms with Gasteiger partial charge in [0.15, 0.2) is 11.5 Å². The van der Waals surface area contributed by atoms with Crippen molar-refractivity contribution in [3.63, 3.8) is 0 Å². The van der Waals surface area contributed by atoms with Crippen LogP contribution in [0, 0.1) is 3.57 Å². The molecule has 0 amide bonds. The van der Waals surface area contributed by atoms with Gasteiger partial charge < -0.3 is 14.8 Å². The molecule has 0 atom stereocenters. The summed E-state index contributed by atoms with van der Waals surface area (Å²) in [6.45, 7) is 0.584. The van der Waals surface area contributed by atoms with E-state index in [1.165, 1.54) is 3.57 Å². The molecule has 0 fully saturated rings. The van der Waals surface area contributed by atoms with Crippen molar-refractivity contribution < 1.29 is 9.47 Å². The number of methoxy groups -OCH3 is 2. The molecule has 0 bridgehead atoms. The molecule has 0 unspecified atom stereocenters. The highest BCUT2D eigenvalue weighted by Gasteiger charge is 2.10. The fraction of sp³-hybridized carbons (Fsp3) is 0.214. The van der Waals surface area contributed by atoms with Gasteiger partial charge in [-0.1, -0.05) is 6.07 Å². The topological polar surface area (TPSA) is 43.4 Å². The molecule has 0 saturated carbocycles. The van der Waals surface area contributed by atoms with Crippen LogP contribution in [0.3, 0.4) is 0 Å². The first kappa shape index (κ1) is 13.9. The summed E-state index contributed by atoms with van der Waals surface area (Å²) >= 11 is 2.28. The molecule has 1 aromatic carbocycles. The van der Waals surface area contributed by atoms with Gasteiger partial charge in [-0.3, -0.25) is 4.98 Å². The van der Waals surface area contributed by atoms with Gasteiger partial charge in [-0.25, -0.2) is 0 Å². The summed E-state index contributed by atoms with van der Waals surface area (Å²) < 4.78 is 11.8. The number of aromatic nitrogens is 1. The van der Waals surface area contributed by atoms with Crippen LogP contribution in [0.4, 0.5) is 5.69 Å². The lowest BCUT2D eigenvalue weighted by Gasteiger charge is -2.12. The molecule has 5 heteroatoms. The number of halogens is 1. The molecule has 0 aliphatic heterocycles. The van der Waals surface area contributed by atoms with Gasteiger partial charge in [-0.2, -0.15) is 0 Å². The summed E-state index contributed by atoms with van der Waals surface area (Å²) in [4.78, 5) is 4.33. The van der Waals surface area contributed by atoms with E-state index in [9.17, 15) is 0 Å². The van der Waals surface area contributed by atoms with E-state index in [1.807, 2.05) is 12.1 Å². The zero-order valence-corrected chi connectivity index (χ0v) is 13.0. The minimum absolute atomic E-state index is 0.584. The number of pyridine rings is 1. The second kappa shape index (κ2) is 6.60. The second-order valence-electron chi connectivity index (χ2n) is 3.86. The minimum atomic E-state index is 0.584. The average molecular weight is 370 g/mol. The van der Waals surface area contributed by atoms with Gasteiger partial charge in [0.1, 0.15) is 5.69 Å². The molecule has 2 aromatic rings. The van der Waals surface area contributed by atoms with Crippen LogP contribution in [0.15, 0.2) is 36.5 Å². The van der Waals surface area contributed by atoms with Crippen molar-refractivity contribution >= 4 is 28.3 Å². The third-order valence-electron chi connectivity index (χ3n) is 2.65. The number of hydrogen-bond acceptors (Lipinski definition) is 4. The van der Waals surface area contributed by atoms with E-state index in [4.69, 9.17) is 9.47 Å². The molecule has 0 radical (unpaired) electrons. The highest BCUT2D eigenvalue weighted by Crippen LogP contribution is 2.29. The molecule has 1 aromatic heterocycles. The number of nitrogens with zero attached hydrogens (tertiary/aromatic N) is 1. The van der Waals surface area contributed by atoms with E-state index >= 15 is 0 Å². The fourth-order valence-electron chi connectivity index (χ4n) is 1.76. The maximum absolute atomic E-state index is 5.35. The van der Waals surface area contributed by atoms with Gasteiger partial charge in [0.2, 0.25) is 0 Å². The molecule has 0 saturated heterocycles. The first-order chi connectivity index (χ1) is 9.24. The first-order valence-corrected chi connectivity index (χ1v) is 6.87. The van der Waals surface area contributed by atoms with Gasteiger partial charge in [0.25, 0.3) is 0 Å². The van der Waals surface area contributed by atoms with Gasteiger partial charge in [-0.15, -0.1) is 0 Å². The lowest BCUT2D eigenvalue weighted by Crippen LogP contribution is -2.05. The Kier molecular flexibility index (Phi) is 4.84. The number of hydrogen-bond donors (Lipinski definition) is 1. The summed E-state index contributed by atoms with van der Waals surface area (Å²) in [5.74, 6) is 1.36. The summed E-state index contributed by atoms with van der Waals surface area (Å²) in [6, 6.07) is 9.95. The third kappa shape index (κ3) is 3.50. The molecule has 4 nitrogen and oxygen atoms in total. The maximum atomic E-state index is 5.35. The van der Waals surface area contributed by atoms with Crippen molar-refractivity contribution in [3.05, 3.63) is 45.8 Å². The molecule has 1 N–H and O–H groups in total. The third-order valence-corrected chi connectivity index (χ3v) is 3.32. The smallest absolute Gasteiger partial charge is 0.184 e. The number of benzene rings is 1. The highest BCUT2D eigenvalue weighted by molar-refractivity contribution is 14.1. The van der Waals surface area contributed by atoms with Crippen molar-refractivity contribution in [2.45, 2.75) is 6.54 Å². The van der Waals surface area contributed by atoms with Crippen LogP contribution < -0.4 is 14.8 Å². The van der Waals surface area contributed by atoms with Crippen molar-refractivity contribution in [2.24, 2.45) is 0 Å². The van der Waals surface area contributed by atoms with Crippen molar-refractivity contribution in [3.8, 4) is 11.5 Å². The van der Waals surface area contributed by atoms with Crippen molar-refractivity contribution in [2.75, 3.05) is 19.5 Å². The first-order valence-electron chi connectivity index (χ1n) is 5.80. The Morgan fingerprint density at radius 3 is 2.74 bits per heavy atom. The van der Waals surface area contributed by atoms with Crippen LogP contribution >= 0.6 is 22.6 Å². The Bertz CT molecular complexity index is 561. The minimum Gasteiger partial charge on any atom is -0.493 e. The lowest BCUT2D eigenvalue weighted by molar-refractivity contribution is 0.350. The normalized spacial score (nSPS) is 10.1. The quantitative estimate of drug-likeness (QED) is 0.821. The second-order valence-corrected chi connectivity index (χ2v) is 5.10. The van der Waals surface area contributed by atoms with Crippen LogP contribution in [0.5, 0.6) is 11.5 Å². The molecule has 1 heterocycles. The van der Waals surface area contributed by atoms with Crippen LogP contribution in [0.2, 0.25) is 0 Å². The van der Waals surface area contributed by atoms with Gasteiger partial charge in [0, 0.05) is 21.5 Å². The van der Waals surface area contributed by atoms with E-state index < -0.39 is 0 Å². The van der Waals surface area contributed by atoms with E-state index in [0.29, 0.717) is 18.0 Å². The number of anilines is 1. The Hall–Kier alpha value is -1.50. The molecule has 0 spiro atoms. The molecule has 19 heavy (non-hydrogen) atoms. The maximum Gasteiger partial charge on any atom is 0.184 e. The SMILES string of the molecule is COc1ccnc(CNc2cccc(I)c2)c1OC. The van der Waals surface area contributed by atoms with Crippen LogP contribution in [-0.4, -0.2) is 19.2 Å². The standard InChI is InChI=1S/C14H15IN2O2/c1-18-13-6-7-16-12(14(13)19-2)9-17-11-5-3-4-10(15)8-11/h3-8,17H,9H2,1-2H3. The molecule has 0 aliphatic rings. The van der Waals surface area contributed by atoms with Crippen LogP contribution in [0.1, 0.15) is 5.69 Å². The molecule has 2 rings (SSSR count). The van der Waals surface area contributed by atoms with E-state index in [0.717, 1.165) is 11.4 Å². The Balaban J connectivity index is 2.15. The Morgan fingerprint density at radius 1 is 1.21 bits per heavy atom. The van der Waals surface area contributed by atoms with Crippen molar-refractivity contribution in [1.82, 2.24) is 4.98 Å². The highest BCUT2D eigenvalue weighted by atomic mass is 127. The van der Waals surface area contributed by atoms with Gasteiger partial charge in [0.05, 0.1) is 20.8 Å². The lowest BCUT2D eigenvalue weighted by atomic mass is 10.2.